The number of hydrogen-bond acceptors (Lipinski definition) is 4. The summed E-state index contributed by atoms with van der Waals surface area (Å²) in [5.41, 5.74) is 1.97. The highest BCUT2D eigenvalue weighted by molar-refractivity contribution is 5.78. The van der Waals surface area contributed by atoms with Crippen LogP contribution in [-0.2, 0) is 16.0 Å². The van der Waals surface area contributed by atoms with Crippen molar-refractivity contribution >= 4 is 5.91 Å². The average Bonchev–Trinajstić information content (AvgIpc) is 3.33. The summed E-state index contributed by atoms with van der Waals surface area (Å²) in [7, 11) is 2.11. The van der Waals surface area contributed by atoms with E-state index < -0.39 is 0 Å². The van der Waals surface area contributed by atoms with E-state index in [0.717, 1.165) is 37.5 Å². The molecular weight excluding hydrogens is 290 g/mol. The van der Waals surface area contributed by atoms with Gasteiger partial charge in [-0.1, -0.05) is 6.07 Å². The molecule has 2 heterocycles. The topological polar surface area (TPSA) is 45.7 Å². The molecule has 1 aliphatic carbocycles. The first-order valence-electron chi connectivity index (χ1n) is 8.59. The van der Waals surface area contributed by atoms with Gasteiger partial charge in [0, 0.05) is 38.1 Å². The van der Waals surface area contributed by atoms with Gasteiger partial charge < -0.3 is 14.5 Å². The molecule has 1 saturated heterocycles. The highest BCUT2D eigenvalue weighted by Crippen LogP contribution is 2.30. The Balaban J connectivity index is 1.60. The van der Waals surface area contributed by atoms with Gasteiger partial charge in [-0.3, -0.25) is 9.78 Å². The number of morpholine rings is 1. The molecule has 5 nitrogen and oxygen atoms in total. The van der Waals surface area contributed by atoms with E-state index in [1.165, 1.54) is 12.8 Å². The van der Waals surface area contributed by atoms with Crippen LogP contribution in [0.3, 0.4) is 0 Å². The van der Waals surface area contributed by atoms with Gasteiger partial charge in [-0.2, -0.15) is 0 Å². The lowest BCUT2D eigenvalue weighted by Gasteiger charge is -2.34. The fraction of sp³-hybridized carbons (Fsp3) is 0.667. The van der Waals surface area contributed by atoms with Crippen molar-refractivity contribution in [2.75, 3.05) is 39.8 Å². The van der Waals surface area contributed by atoms with Crippen LogP contribution >= 0.6 is 0 Å². The predicted molar refractivity (Wildman–Crippen MR) is 89.2 cm³/mol. The lowest BCUT2D eigenvalue weighted by Crippen LogP contribution is -2.48. The van der Waals surface area contributed by atoms with E-state index in [1.54, 1.807) is 0 Å². The van der Waals surface area contributed by atoms with E-state index in [4.69, 9.17) is 4.74 Å². The summed E-state index contributed by atoms with van der Waals surface area (Å²) in [6.45, 7) is 6.18. The van der Waals surface area contributed by atoms with Crippen LogP contribution in [0.15, 0.2) is 18.3 Å². The van der Waals surface area contributed by atoms with Crippen LogP contribution in [0.5, 0.6) is 0 Å². The Morgan fingerprint density at radius 2 is 2.22 bits per heavy atom. The van der Waals surface area contributed by atoms with Crippen molar-refractivity contribution in [2.24, 2.45) is 5.92 Å². The Morgan fingerprint density at radius 3 is 2.87 bits per heavy atom. The minimum absolute atomic E-state index is 0.132. The van der Waals surface area contributed by atoms with Gasteiger partial charge >= 0.3 is 0 Å². The van der Waals surface area contributed by atoms with Crippen molar-refractivity contribution in [3.8, 4) is 0 Å². The molecule has 1 unspecified atom stereocenters. The smallest absolute Gasteiger partial charge is 0.227 e. The van der Waals surface area contributed by atoms with Crippen molar-refractivity contribution in [2.45, 2.75) is 32.3 Å². The van der Waals surface area contributed by atoms with E-state index in [-0.39, 0.29) is 12.0 Å². The summed E-state index contributed by atoms with van der Waals surface area (Å²) >= 11 is 0. The van der Waals surface area contributed by atoms with E-state index >= 15 is 0 Å². The SMILES string of the molecule is Cc1ccc(CC(=O)N(CC2CC2)CC2CN(C)CCO2)cn1. The Kier molecular flexibility index (Phi) is 5.28. The first-order valence-corrected chi connectivity index (χ1v) is 8.59. The monoisotopic (exact) mass is 317 g/mol. The van der Waals surface area contributed by atoms with Crippen LogP contribution in [0.1, 0.15) is 24.1 Å². The fourth-order valence-corrected chi connectivity index (χ4v) is 3.00. The maximum Gasteiger partial charge on any atom is 0.227 e. The van der Waals surface area contributed by atoms with Gasteiger partial charge in [0.15, 0.2) is 0 Å². The summed E-state index contributed by atoms with van der Waals surface area (Å²) in [5.74, 6) is 0.885. The maximum atomic E-state index is 12.7. The van der Waals surface area contributed by atoms with E-state index in [1.807, 2.05) is 30.2 Å². The quantitative estimate of drug-likeness (QED) is 0.798. The molecule has 2 fully saturated rings. The van der Waals surface area contributed by atoms with Gasteiger partial charge in [0.25, 0.3) is 0 Å². The van der Waals surface area contributed by atoms with Gasteiger partial charge in [0.05, 0.1) is 19.1 Å². The summed E-state index contributed by atoms with van der Waals surface area (Å²) in [5, 5.41) is 0. The van der Waals surface area contributed by atoms with Crippen LogP contribution in [0.2, 0.25) is 0 Å². The fourth-order valence-electron chi connectivity index (χ4n) is 3.00. The molecule has 126 valence electrons. The number of aromatic nitrogens is 1. The van der Waals surface area contributed by atoms with Crippen molar-refractivity contribution in [3.05, 3.63) is 29.6 Å². The molecule has 3 rings (SSSR count). The Labute approximate surface area is 138 Å². The number of hydrogen-bond donors (Lipinski definition) is 0. The first-order chi connectivity index (χ1) is 11.1. The zero-order chi connectivity index (χ0) is 16.2. The van der Waals surface area contributed by atoms with Crippen LogP contribution in [0.25, 0.3) is 0 Å². The van der Waals surface area contributed by atoms with Gasteiger partial charge in [0.2, 0.25) is 5.91 Å². The number of amides is 1. The van der Waals surface area contributed by atoms with Crippen LogP contribution in [0.4, 0.5) is 0 Å². The van der Waals surface area contributed by atoms with E-state index in [0.29, 0.717) is 18.9 Å². The molecule has 0 aromatic carbocycles. The summed E-state index contributed by atoms with van der Waals surface area (Å²) in [4.78, 5) is 21.3. The normalized spacial score (nSPS) is 22.1. The summed E-state index contributed by atoms with van der Waals surface area (Å²) < 4.78 is 5.85. The number of nitrogens with zero attached hydrogens (tertiary/aromatic N) is 3. The van der Waals surface area contributed by atoms with E-state index in [9.17, 15) is 4.79 Å². The number of likely N-dealkylation sites (N-methyl/N-ethyl adjacent to an activating group) is 1. The second-order valence-electron chi connectivity index (χ2n) is 6.98. The summed E-state index contributed by atoms with van der Waals surface area (Å²) in [6, 6.07) is 3.97. The number of carbonyl (C=O) groups is 1. The average molecular weight is 317 g/mol. The van der Waals surface area contributed by atoms with Crippen molar-refractivity contribution in [3.63, 3.8) is 0 Å². The van der Waals surface area contributed by atoms with Gasteiger partial charge in [-0.05, 0) is 44.4 Å². The first kappa shape index (κ1) is 16.4. The Morgan fingerprint density at radius 1 is 1.39 bits per heavy atom. The molecule has 1 aromatic heterocycles. The van der Waals surface area contributed by atoms with Gasteiger partial charge in [0.1, 0.15) is 0 Å². The predicted octanol–water partition coefficient (Wildman–Crippen LogP) is 1.50. The number of aryl methyl sites for hydroxylation is 1. The van der Waals surface area contributed by atoms with Crippen molar-refractivity contribution in [1.29, 1.82) is 0 Å². The van der Waals surface area contributed by atoms with Crippen LogP contribution in [-0.4, -0.2) is 66.6 Å². The second-order valence-corrected chi connectivity index (χ2v) is 6.98. The third-order valence-corrected chi connectivity index (χ3v) is 4.62. The molecule has 0 N–H and O–H groups in total. The molecule has 0 bridgehead atoms. The molecule has 1 aromatic rings. The summed E-state index contributed by atoms with van der Waals surface area (Å²) in [6.07, 6.45) is 4.88. The Hall–Kier alpha value is -1.46. The van der Waals surface area contributed by atoms with E-state index in [2.05, 4.69) is 16.9 Å². The minimum atomic E-state index is 0.132. The van der Waals surface area contributed by atoms with Gasteiger partial charge in [-0.25, -0.2) is 0 Å². The number of pyridine rings is 1. The number of rotatable bonds is 6. The number of carbonyl (C=O) groups excluding carboxylic acids is 1. The maximum absolute atomic E-state index is 12.7. The van der Waals surface area contributed by atoms with Crippen LogP contribution < -0.4 is 0 Å². The minimum Gasteiger partial charge on any atom is -0.374 e. The zero-order valence-corrected chi connectivity index (χ0v) is 14.2. The molecule has 0 spiro atoms. The van der Waals surface area contributed by atoms with Crippen molar-refractivity contribution < 1.29 is 9.53 Å². The molecule has 1 atom stereocenters. The second kappa shape index (κ2) is 7.41. The lowest BCUT2D eigenvalue weighted by molar-refractivity contribution is -0.134. The molecule has 0 radical (unpaired) electrons. The molecule has 2 aliphatic rings. The third-order valence-electron chi connectivity index (χ3n) is 4.62. The molecule has 1 saturated carbocycles. The van der Waals surface area contributed by atoms with Crippen LogP contribution in [0, 0.1) is 12.8 Å². The Bertz CT molecular complexity index is 528. The largest absolute Gasteiger partial charge is 0.374 e. The molecule has 1 aliphatic heterocycles. The zero-order valence-electron chi connectivity index (χ0n) is 14.2. The van der Waals surface area contributed by atoms with Gasteiger partial charge in [-0.15, -0.1) is 0 Å². The van der Waals surface area contributed by atoms with Crippen molar-refractivity contribution in [1.82, 2.24) is 14.8 Å². The molecular formula is C18H27N3O2. The molecule has 1 amide bonds. The third kappa shape index (κ3) is 5.01. The highest BCUT2D eigenvalue weighted by Gasteiger charge is 2.29. The standard InChI is InChI=1S/C18H27N3O2/c1-14-3-4-16(10-19-14)9-18(22)21(11-15-5-6-15)13-17-12-20(2)7-8-23-17/h3-4,10,15,17H,5-9,11-13H2,1-2H3. The highest BCUT2D eigenvalue weighted by atomic mass is 16.5. The molecule has 5 heteroatoms. The lowest BCUT2D eigenvalue weighted by atomic mass is 10.1. The number of ether oxygens (including phenoxy) is 1. The molecule has 23 heavy (non-hydrogen) atoms.